The number of nitrogens with one attached hydrogen (secondary N) is 3. The van der Waals surface area contributed by atoms with Crippen molar-refractivity contribution in [2.24, 2.45) is 5.73 Å². The largest absolute Gasteiger partial charge is 0.477 e. The number of ether oxygens (including phenoxy) is 19. The van der Waals surface area contributed by atoms with E-state index < -0.39 is 466 Å². The summed E-state index contributed by atoms with van der Waals surface area (Å²) in [6, 6.07) is -5.98. The summed E-state index contributed by atoms with van der Waals surface area (Å²) in [6.07, 6.45) is -122. The number of carbonyl (C=O) groups excluding carboxylic acids is 3. The van der Waals surface area contributed by atoms with Gasteiger partial charge in [-0.25, -0.2) is 18.9 Å². The Labute approximate surface area is 816 Å². The first-order valence-corrected chi connectivity index (χ1v) is 46.5. The molecule has 40 N–H and O–H groups in total. The van der Waals surface area contributed by atoms with Crippen LogP contribution in [0.4, 0.5) is 0 Å². The zero-order chi connectivity index (χ0) is 108. The van der Waals surface area contributed by atoms with Crippen molar-refractivity contribution < 1.29 is 311 Å². The average Bonchev–Trinajstić information content (AvgIpc) is 0.742. The third-order valence-electron chi connectivity index (χ3n) is 25.5. The van der Waals surface area contributed by atoms with E-state index in [4.69, 9.17) is 105 Å². The molecule has 10 heterocycles. The van der Waals surface area contributed by atoms with Crippen molar-refractivity contribution >= 4 is 43.5 Å². The summed E-state index contributed by atoms with van der Waals surface area (Å²) < 4.78 is 135. The number of phosphoric acid groups is 1. The van der Waals surface area contributed by atoms with Crippen LogP contribution in [0.15, 0.2) is 0 Å². The van der Waals surface area contributed by atoms with Crippen LogP contribution in [0, 0.1) is 0 Å². The lowest BCUT2D eigenvalue weighted by Gasteiger charge is -2.53. The second-order valence-electron chi connectivity index (χ2n) is 35.7. The lowest BCUT2D eigenvalue weighted by atomic mass is 9.88. The maximum atomic E-state index is 13.6. The number of carbonyl (C=O) groups is 6. The Hall–Kier alpha value is -5.11. The van der Waals surface area contributed by atoms with Crippen LogP contribution in [0.2, 0.25) is 0 Å². The molecule has 10 aliphatic rings. The Bertz CT molecular complexity index is 4180. The number of aliphatic carboxylic acids is 3. The van der Waals surface area contributed by atoms with Crippen LogP contribution in [0.25, 0.3) is 0 Å². The van der Waals surface area contributed by atoms with E-state index in [1.807, 2.05) is 0 Å². The van der Waals surface area contributed by atoms with E-state index in [0.717, 1.165) is 20.8 Å². The second kappa shape index (κ2) is 51.8. The number of hydrogen-bond donors (Lipinski definition) is 39. The summed E-state index contributed by atoms with van der Waals surface area (Å²) in [4.78, 5) is 88.5. The van der Waals surface area contributed by atoms with Crippen molar-refractivity contribution in [2.75, 3.05) is 79.2 Å². The van der Waals surface area contributed by atoms with Crippen LogP contribution in [-0.2, 0) is 132 Å². The smallest absolute Gasteiger partial charge is 0.472 e. The minimum atomic E-state index is -5.28. The molecule has 67 nitrogen and oxygen atoms in total. The molecule has 0 aromatic heterocycles. The minimum Gasteiger partial charge on any atom is -0.477 e. The highest BCUT2D eigenvalue weighted by molar-refractivity contribution is 7.47. The summed E-state index contributed by atoms with van der Waals surface area (Å²) in [5, 5.41) is 391. The third kappa shape index (κ3) is 27.1. The van der Waals surface area contributed by atoms with Gasteiger partial charge < -0.3 is 290 Å². The van der Waals surface area contributed by atoms with Crippen molar-refractivity contribution in [2.45, 2.75) is 364 Å². The molecule has 840 valence electrons. The van der Waals surface area contributed by atoms with Gasteiger partial charge in [-0.1, -0.05) is 0 Å². The maximum absolute atomic E-state index is 13.6. The van der Waals surface area contributed by atoms with Crippen LogP contribution >= 0.6 is 7.82 Å². The highest BCUT2D eigenvalue weighted by Crippen LogP contribution is 2.48. The van der Waals surface area contributed by atoms with E-state index in [2.05, 4.69) is 16.0 Å². The normalized spacial score (nSPS) is 45.5. The molecule has 0 spiro atoms. The predicted octanol–water partition coefficient (Wildman–Crippen LogP) is -24.7. The Morgan fingerprint density at radius 3 is 1.29 bits per heavy atom. The Balaban J connectivity index is 0.995. The lowest BCUT2D eigenvalue weighted by molar-refractivity contribution is -0.420. The molecule has 0 aromatic carbocycles. The van der Waals surface area contributed by atoms with Gasteiger partial charge in [-0.2, -0.15) is 0 Å². The van der Waals surface area contributed by atoms with E-state index in [1.165, 1.54) is 0 Å². The number of amides is 3. The van der Waals surface area contributed by atoms with Gasteiger partial charge in [0.15, 0.2) is 44.0 Å². The van der Waals surface area contributed by atoms with Gasteiger partial charge in [-0.3, -0.25) is 23.4 Å². The number of nitrogens with two attached hydrogens (primary N) is 1. The van der Waals surface area contributed by atoms with E-state index >= 15 is 0 Å². The highest BCUT2D eigenvalue weighted by Gasteiger charge is 2.67. The molecule has 0 saturated carbocycles. The summed E-state index contributed by atoms with van der Waals surface area (Å²) in [5.74, 6) is -20.7. The fourth-order valence-electron chi connectivity index (χ4n) is 18.1. The number of hydrogen-bond acceptors (Lipinski definition) is 60. The van der Waals surface area contributed by atoms with Crippen LogP contribution < -0.4 is 21.7 Å². The van der Waals surface area contributed by atoms with Crippen LogP contribution in [0.3, 0.4) is 0 Å². The van der Waals surface area contributed by atoms with Crippen LogP contribution in [0.5, 0.6) is 0 Å². The molecule has 68 heteroatoms. The predicted molar refractivity (Wildman–Crippen MR) is 440 cm³/mol. The highest BCUT2D eigenvalue weighted by atomic mass is 31.2. The van der Waals surface area contributed by atoms with E-state index in [-0.39, 0.29) is 0 Å². The zero-order valence-electron chi connectivity index (χ0n) is 76.6. The third-order valence-corrected chi connectivity index (χ3v) is 26.5. The number of phosphoric ester groups is 1. The fraction of sp³-hybridized carbons (Fsp3) is 0.922. The van der Waals surface area contributed by atoms with Gasteiger partial charge in [-0.15, -0.1) is 0 Å². The molecule has 54 atom stereocenters. The molecule has 0 bridgehead atoms. The first-order valence-electron chi connectivity index (χ1n) is 45.0. The van der Waals surface area contributed by atoms with Gasteiger partial charge in [0.25, 0.3) is 17.4 Å². The van der Waals surface area contributed by atoms with Gasteiger partial charge in [-0.05, 0) is 0 Å². The molecular formula is C77H129N4O63P. The van der Waals surface area contributed by atoms with Crippen molar-refractivity contribution in [1.29, 1.82) is 0 Å². The topological polar surface area (TPSA) is 1080 Å². The van der Waals surface area contributed by atoms with Gasteiger partial charge in [0, 0.05) is 46.6 Å². The molecule has 0 aromatic rings. The Morgan fingerprint density at radius 2 is 0.766 bits per heavy atom. The van der Waals surface area contributed by atoms with Gasteiger partial charge in [0.1, 0.15) is 238 Å². The second-order valence-corrected chi connectivity index (χ2v) is 37.2. The van der Waals surface area contributed by atoms with Gasteiger partial charge >= 0.3 is 25.7 Å². The van der Waals surface area contributed by atoms with Crippen LogP contribution in [0.1, 0.15) is 40.0 Å². The first-order chi connectivity index (χ1) is 68.1. The minimum absolute atomic E-state index is 0.418. The van der Waals surface area contributed by atoms with Crippen LogP contribution in [-0.4, -0.2) is 617 Å². The SMILES string of the molecule is CC(=O)N[C@H]1[C@H](O[C@H]2[C@@H](O)[C@@H](CO)O[C@@H](O[C@H]3[C@H](O)[C@@H](O)[C@H](O[C@H]4[C@H](O[C@H]5O[C@H]([C@@H](O)COP(=O)(O)OCCN)[C@@H](O)[C@H](O)[C@@H]5O[C@H]5O[C@H](CO)[C@@H](O)[C@H](O)[C@H]5NC(C)=O)[C@H](O)[C@@H](O[C@H]5[C@@H]([C@H](O)CO)O[C@@](O)(C(=O)O)C[C@H]5O[C@]5(C(=O)O)C[C@@H](O)[C@@H](O)[C@@H]([C@H](O)CO)O5)O[C@@H]4[C@@H](O)CO)O[C@@H]3CO)[C@@H]2O)O[C@H](CO)[C@@H](O[C@@H]2O[C@H](CO)[C@H](O)[C@H](O[C@]3(C(=O)O)C[C@H](O)[C@@H](NC(C)=O)[C@H]([C@H](O)[C@H](O)CO)O3)[C@H]2O)[C@@H]1O. The number of aliphatic hydroxyl groups is 31. The summed E-state index contributed by atoms with van der Waals surface area (Å²) in [7, 11) is -5.28. The molecule has 0 radical (unpaired) electrons. The van der Waals surface area contributed by atoms with Crippen molar-refractivity contribution in [3.63, 3.8) is 0 Å². The van der Waals surface area contributed by atoms with Crippen molar-refractivity contribution in [3.05, 3.63) is 0 Å². The Morgan fingerprint density at radius 1 is 0.359 bits per heavy atom. The molecule has 0 aliphatic carbocycles. The number of carboxylic acid groups (broad SMARTS) is 3. The van der Waals surface area contributed by atoms with E-state index in [1.54, 1.807) is 0 Å². The summed E-state index contributed by atoms with van der Waals surface area (Å²) >= 11 is 0. The number of aliphatic hydroxyl groups excluding tert-OH is 30. The average molecular weight is 2150 g/mol. The summed E-state index contributed by atoms with van der Waals surface area (Å²) in [6.45, 7) is -12.4. The lowest BCUT2D eigenvalue weighted by Crippen LogP contribution is -2.71. The molecule has 3 amide bonds. The zero-order valence-corrected chi connectivity index (χ0v) is 77.5. The van der Waals surface area contributed by atoms with Crippen molar-refractivity contribution in [1.82, 2.24) is 16.0 Å². The molecule has 10 rings (SSSR count). The fourth-order valence-corrected chi connectivity index (χ4v) is 18.8. The number of carboxylic acids is 3. The molecule has 1 unspecified atom stereocenters. The van der Waals surface area contributed by atoms with Crippen molar-refractivity contribution in [3.8, 4) is 0 Å². The maximum Gasteiger partial charge on any atom is 0.472 e. The summed E-state index contributed by atoms with van der Waals surface area (Å²) in [5.41, 5.74) is 5.40. The van der Waals surface area contributed by atoms with Gasteiger partial charge in [0.2, 0.25) is 17.7 Å². The Kier molecular flexibility index (Phi) is 43.4. The number of rotatable bonds is 45. The molecule has 10 saturated heterocycles. The van der Waals surface area contributed by atoms with E-state index in [0.29, 0.717) is 0 Å². The first kappa shape index (κ1) is 122. The quantitative estimate of drug-likeness (QED) is 0.0252. The molecular weight excluding hydrogens is 2020 g/mol. The van der Waals surface area contributed by atoms with E-state index in [9.17, 15) is 212 Å². The standard InChI is InChI=1S/C77H129N4O63P/c1-19(91)79-35-22(94)6-77(74(119)120,143-59(35)39(102)24(96)9-82)144-61-42(105)32(15-88)128-69(50(61)113)133-56-33(16-89)129-66(37(44(56)107)81-21(3)93)136-60-41(104)31(14-87)127-68(49(60)112)134-57-34(17-90)130-67(48(111)47(57)110)139-64-54(26(98)11-84)132-70(135-58-29(8-75(121,72(115)116)141-55(58)27(99)12-85)140-76(73(117)118)7-23(95)38(101)53(142-76)25(97)10-83)51(114)62(64)137-71-63(138-65-36(80-20(2)92)43(106)40(103)30(13-86)126-65)46(109)45(108)52(131-71)28(100)18-125-145(122,123)124-5-4-78/h22-71,82-90,94-114,121H,4-18,78H2,1-3H3,(H,79,91)(H,80,92)(H,81,93)(H,115,116)(H,117,118)(H,119,120)(H,122,123)/t22-,23+,24+,25+,26-,27+,28-,29+,30+,31+,32+,33+,34+,35+,36+,37+,38+,39+,40+,41-,42-,43+,44+,45-,46-,47+,48+,49+,50+,51-,52+,53+,54+,55+,56+,57+,58+,59+,60-,61-,62+,63-,64+,65+,66-,67-,68-,69-,70+,71+,75+,76+,77-/m0/s1. The molecule has 10 aliphatic heterocycles. The monoisotopic (exact) mass is 2150 g/mol. The van der Waals surface area contributed by atoms with Gasteiger partial charge in [0.05, 0.1) is 97.0 Å². The molecule has 145 heavy (non-hydrogen) atoms. The molecule has 10 fully saturated rings.